The number of fused-ring (bicyclic) bond motifs is 25. The van der Waals surface area contributed by atoms with Crippen molar-refractivity contribution in [3.63, 3.8) is 0 Å². The van der Waals surface area contributed by atoms with Crippen LogP contribution in [0.1, 0.15) is 0 Å². The van der Waals surface area contributed by atoms with Crippen LogP contribution in [0.15, 0.2) is 546 Å². The van der Waals surface area contributed by atoms with Crippen molar-refractivity contribution in [3.05, 3.63) is 546 Å². The third-order valence-corrected chi connectivity index (χ3v) is 32.8. The Bertz CT molecular complexity index is 10400. The Balaban J connectivity index is 0.000000141. The van der Waals surface area contributed by atoms with Gasteiger partial charge in [0.1, 0.15) is 0 Å². The van der Waals surface area contributed by atoms with Gasteiger partial charge in [0.15, 0.2) is 0 Å². The van der Waals surface area contributed by atoms with Gasteiger partial charge in [-0.1, -0.05) is 370 Å². The summed E-state index contributed by atoms with van der Waals surface area (Å²) in [6, 6.07) is 201. The lowest BCUT2D eigenvalue weighted by Crippen LogP contribution is -2.09. The second-order valence-corrected chi connectivity index (χ2v) is 41.0. The molecule has 4 nitrogen and oxygen atoms in total. The van der Waals surface area contributed by atoms with Gasteiger partial charge < -0.3 is 18.9 Å². The van der Waals surface area contributed by atoms with Gasteiger partial charge in [0.2, 0.25) is 0 Å². The Kier molecular flexibility index (Phi) is 20.7. The number of thiophene rings is 2. The van der Waals surface area contributed by atoms with Gasteiger partial charge in [0.05, 0.1) is 22.1 Å². The Morgan fingerprint density at radius 2 is 0.385 bits per heavy atom. The van der Waals surface area contributed by atoms with Gasteiger partial charge >= 0.3 is 0 Å². The molecule has 6 heteroatoms. The zero-order chi connectivity index (χ0) is 97.4. The van der Waals surface area contributed by atoms with E-state index in [1.54, 1.807) is 0 Å². The summed E-state index contributed by atoms with van der Waals surface area (Å²) < 4.78 is 10.1. The van der Waals surface area contributed by atoms with E-state index in [-0.39, 0.29) is 0 Å². The van der Waals surface area contributed by atoms with Crippen molar-refractivity contribution in [1.82, 2.24) is 9.13 Å². The number of aromatic nitrogens is 2. The Morgan fingerprint density at radius 3 is 0.791 bits per heavy atom. The van der Waals surface area contributed by atoms with Crippen LogP contribution in [0.25, 0.3) is 249 Å². The second-order valence-electron chi connectivity index (χ2n) is 38.8. The standard InChI is InChI=1S/C76H48N2S.C66H42N2S/c1-2-16-56(17-3-1)77(58-41-32-52(33-42-58)62-25-13-27-75-76(62)68-23-10-11-26-74(68)79-75)57-37-28-50(29-38-57)54-35-44-72-70(47-54)71-48-55(61-24-12-15-51-14-4-5-18-60(51)61)36-45-73(71)78(72)59-39-30-49(31-40-59)53-34-43-67-65-21-7-6-19-63(65)64-20-8-9-22-66(64)69(67)46-53;1-2-13-48(14-3-1)67(50-37-29-45(30-38-50)52-21-12-24-65-66(52)59-20-9-11-23-64(59)69-65)49-33-25-44(26-34-49)47-32-40-63-61(42-47)58-19-8-10-22-62(58)68(63)51-35-27-43(28-36-51)46-31-39-57-55-17-5-4-15-53(55)54-16-6-7-18-56(54)60(57)41-46/h1-48H;1-42H. The first kappa shape index (κ1) is 85.9. The third-order valence-electron chi connectivity index (χ3n) is 30.6. The summed E-state index contributed by atoms with van der Waals surface area (Å²) in [5.41, 5.74) is 30.6. The molecule has 26 aromatic carbocycles. The lowest BCUT2D eigenvalue weighted by Gasteiger charge is -2.26. The van der Waals surface area contributed by atoms with E-state index in [0.29, 0.717) is 0 Å². The van der Waals surface area contributed by atoms with E-state index in [1.165, 1.54) is 232 Å². The minimum Gasteiger partial charge on any atom is -0.311 e. The molecular formula is C142H90N4S2. The van der Waals surface area contributed by atoms with Crippen LogP contribution < -0.4 is 9.80 Å². The van der Waals surface area contributed by atoms with Crippen LogP contribution >= 0.6 is 22.7 Å². The third kappa shape index (κ3) is 14.6. The molecule has 4 aromatic heterocycles. The van der Waals surface area contributed by atoms with Crippen LogP contribution in [0.5, 0.6) is 0 Å². The van der Waals surface area contributed by atoms with Gasteiger partial charge in [-0.15, -0.1) is 22.7 Å². The summed E-state index contributed by atoms with van der Waals surface area (Å²) in [5.74, 6) is 0. The first-order valence-electron chi connectivity index (χ1n) is 50.8. The molecule has 4 heterocycles. The van der Waals surface area contributed by atoms with Crippen LogP contribution in [0.3, 0.4) is 0 Å². The predicted octanol–water partition coefficient (Wildman–Crippen LogP) is 41.0. The molecule has 0 amide bonds. The highest BCUT2D eigenvalue weighted by Crippen LogP contribution is 2.50. The fourth-order valence-electron chi connectivity index (χ4n) is 23.6. The summed E-state index contributed by atoms with van der Waals surface area (Å²) in [4.78, 5) is 4.70. The highest BCUT2D eigenvalue weighted by atomic mass is 32.1. The molecule has 0 radical (unpaired) electrons. The summed E-state index contributed by atoms with van der Waals surface area (Å²) in [6.07, 6.45) is 0. The Morgan fingerprint density at radius 1 is 0.135 bits per heavy atom. The fraction of sp³-hybridized carbons (Fsp3) is 0. The normalized spacial score (nSPS) is 11.8. The van der Waals surface area contributed by atoms with Crippen LogP contribution in [0.4, 0.5) is 34.1 Å². The molecule has 0 bridgehead atoms. The van der Waals surface area contributed by atoms with E-state index in [4.69, 9.17) is 0 Å². The van der Waals surface area contributed by atoms with Gasteiger partial charge in [-0.2, -0.15) is 0 Å². The van der Waals surface area contributed by atoms with Crippen molar-refractivity contribution in [3.8, 4) is 89.3 Å². The number of rotatable bonds is 15. The highest BCUT2D eigenvalue weighted by molar-refractivity contribution is 7.26. The van der Waals surface area contributed by atoms with Gasteiger partial charge in [-0.05, 0) is 329 Å². The van der Waals surface area contributed by atoms with Crippen molar-refractivity contribution in [2.75, 3.05) is 9.80 Å². The molecular weight excluding hydrogens is 1830 g/mol. The topological polar surface area (TPSA) is 16.3 Å². The fourth-order valence-corrected chi connectivity index (χ4v) is 25.9. The molecule has 690 valence electrons. The second kappa shape index (κ2) is 35.6. The molecule has 0 N–H and O–H groups in total. The first-order valence-corrected chi connectivity index (χ1v) is 52.4. The quantitative estimate of drug-likeness (QED) is 0.0951. The van der Waals surface area contributed by atoms with Crippen LogP contribution in [0, 0.1) is 0 Å². The number of anilines is 6. The van der Waals surface area contributed by atoms with Gasteiger partial charge in [0.25, 0.3) is 0 Å². The van der Waals surface area contributed by atoms with Crippen LogP contribution in [-0.4, -0.2) is 9.13 Å². The average molecular weight is 1920 g/mol. The molecule has 30 rings (SSSR count). The molecule has 0 fully saturated rings. The maximum Gasteiger partial charge on any atom is 0.0541 e. The Hall–Kier alpha value is -18.8. The molecule has 0 saturated carbocycles. The molecule has 0 aliphatic carbocycles. The number of para-hydroxylation sites is 3. The summed E-state index contributed by atoms with van der Waals surface area (Å²) in [5, 5.41) is 28.2. The first-order chi connectivity index (χ1) is 73.4. The van der Waals surface area contributed by atoms with Crippen molar-refractivity contribution >= 4 is 216 Å². The zero-order valence-corrected chi connectivity index (χ0v) is 82.2. The van der Waals surface area contributed by atoms with E-state index in [1.807, 2.05) is 22.7 Å². The zero-order valence-electron chi connectivity index (χ0n) is 80.6. The SMILES string of the molecule is c1ccc(N(c2ccc(-c3ccc4c(c3)c3cc(-c5cccc6ccccc56)ccc3n4-c3ccc(-c4ccc5c6ccccc6c6ccccc6c5c4)cc3)cc2)c2ccc(-c3cccc4sc5ccccc5c34)cc2)cc1.c1ccc(N(c2ccc(-c3ccc4c(c3)c3ccccc3n4-c3ccc(-c4ccc5c6ccccc6c6ccccc6c5c4)cc3)cc2)c2ccc(-c3cccc4sc5ccccc5c34)cc2)cc1. The van der Waals surface area contributed by atoms with Crippen LogP contribution in [0.2, 0.25) is 0 Å². The molecule has 0 aliphatic rings. The summed E-state index contributed by atoms with van der Waals surface area (Å²) in [7, 11) is 0. The monoisotopic (exact) mass is 1910 g/mol. The molecule has 0 spiro atoms. The summed E-state index contributed by atoms with van der Waals surface area (Å²) in [6.45, 7) is 0. The van der Waals surface area contributed by atoms with Crippen molar-refractivity contribution in [2.45, 2.75) is 0 Å². The number of benzene rings is 26. The molecule has 0 saturated heterocycles. The van der Waals surface area contributed by atoms with Crippen molar-refractivity contribution in [1.29, 1.82) is 0 Å². The molecule has 0 aliphatic heterocycles. The smallest absolute Gasteiger partial charge is 0.0541 e. The Labute approximate surface area is 863 Å². The lowest BCUT2D eigenvalue weighted by molar-refractivity contribution is 1.18. The van der Waals surface area contributed by atoms with E-state index in [2.05, 4.69) is 565 Å². The number of hydrogen-bond donors (Lipinski definition) is 0. The molecule has 0 unspecified atom stereocenters. The van der Waals surface area contributed by atoms with Gasteiger partial charge in [0, 0.05) is 107 Å². The number of nitrogens with zero attached hydrogens (tertiary/aromatic N) is 4. The minimum absolute atomic E-state index is 1.10. The minimum atomic E-state index is 1.10. The lowest BCUT2D eigenvalue weighted by atomic mass is 9.92. The highest BCUT2D eigenvalue weighted by Gasteiger charge is 2.24. The van der Waals surface area contributed by atoms with Gasteiger partial charge in [-0.25, -0.2) is 0 Å². The van der Waals surface area contributed by atoms with Crippen molar-refractivity contribution in [2.24, 2.45) is 0 Å². The van der Waals surface area contributed by atoms with E-state index in [9.17, 15) is 0 Å². The predicted molar refractivity (Wildman–Crippen MR) is 637 cm³/mol. The number of hydrogen-bond acceptors (Lipinski definition) is 4. The van der Waals surface area contributed by atoms with E-state index < -0.39 is 0 Å². The van der Waals surface area contributed by atoms with Crippen molar-refractivity contribution < 1.29 is 0 Å². The largest absolute Gasteiger partial charge is 0.311 e. The molecule has 0 atom stereocenters. The van der Waals surface area contributed by atoms with Gasteiger partial charge in [-0.3, -0.25) is 0 Å². The average Bonchev–Trinajstić information content (AvgIpc) is 1.69. The van der Waals surface area contributed by atoms with E-state index >= 15 is 0 Å². The van der Waals surface area contributed by atoms with Crippen LogP contribution in [-0.2, 0) is 0 Å². The van der Waals surface area contributed by atoms with E-state index in [0.717, 1.165) is 51.1 Å². The maximum absolute atomic E-state index is 2.44. The molecule has 30 aromatic rings. The summed E-state index contributed by atoms with van der Waals surface area (Å²) >= 11 is 3.73. The maximum atomic E-state index is 2.44. The molecule has 148 heavy (non-hydrogen) atoms.